The summed E-state index contributed by atoms with van der Waals surface area (Å²) in [6, 6.07) is 5.85. The van der Waals surface area contributed by atoms with Crippen LogP contribution in [0.2, 0.25) is 0 Å². The molecule has 2 aliphatic heterocycles. The molecule has 5 nitrogen and oxygen atoms in total. The minimum atomic E-state index is 0.139. The van der Waals surface area contributed by atoms with Gasteiger partial charge in [-0.05, 0) is 49.8 Å². The fraction of sp³-hybridized carbons (Fsp3) is 0.526. The van der Waals surface area contributed by atoms with Crippen LogP contribution in [-0.4, -0.2) is 47.0 Å². The molecule has 0 bridgehead atoms. The monoisotopic (exact) mass is 324 g/mol. The predicted octanol–water partition coefficient (Wildman–Crippen LogP) is 3.10. The van der Waals surface area contributed by atoms with Gasteiger partial charge in [-0.15, -0.1) is 0 Å². The number of fused-ring (bicyclic) bond motifs is 1. The number of anilines is 1. The van der Waals surface area contributed by atoms with Gasteiger partial charge in [0, 0.05) is 37.1 Å². The zero-order valence-corrected chi connectivity index (χ0v) is 14.2. The van der Waals surface area contributed by atoms with Gasteiger partial charge in [0.15, 0.2) is 0 Å². The fourth-order valence-electron chi connectivity index (χ4n) is 3.75. The minimum Gasteiger partial charge on any atom is -0.356 e. The highest BCUT2D eigenvalue weighted by Gasteiger charge is 2.23. The number of piperidine rings is 1. The molecule has 2 aromatic rings. The van der Waals surface area contributed by atoms with E-state index in [0.717, 1.165) is 67.2 Å². The number of amides is 1. The van der Waals surface area contributed by atoms with Gasteiger partial charge in [-0.3, -0.25) is 4.79 Å². The number of hydrogen-bond donors (Lipinski definition) is 0. The summed E-state index contributed by atoms with van der Waals surface area (Å²) >= 11 is 0. The van der Waals surface area contributed by atoms with Gasteiger partial charge in [0.2, 0.25) is 0 Å². The lowest BCUT2D eigenvalue weighted by atomic mass is 9.98. The van der Waals surface area contributed by atoms with E-state index < -0.39 is 0 Å². The van der Waals surface area contributed by atoms with E-state index in [-0.39, 0.29) is 5.91 Å². The number of rotatable bonds is 2. The van der Waals surface area contributed by atoms with Crippen molar-refractivity contribution in [1.82, 2.24) is 14.9 Å². The Kier molecular flexibility index (Phi) is 4.08. The van der Waals surface area contributed by atoms with Gasteiger partial charge < -0.3 is 9.80 Å². The van der Waals surface area contributed by atoms with Crippen molar-refractivity contribution in [2.24, 2.45) is 5.92 Å². The average molecular weight is 324 g/mol. The van der Waals surface area contributed by atoms with Gasteiger partial charge in [0.25, 0.3) is 5.91 Å². The molecule has 1 aromatic heterocycles. The maximum Gasteiger partial charge on any atom is 0.253 e. The summed E-state index contributed by atoms with van der Waals surface area (Å²) in [7, 11) is 0. The number of likely N-dealkylation sites (tertiary alicyclic amines) is 1. The zero-order valence-electron chi connectivity index (χ0n) is 14.2. The third-order valence-corrected chi connectivity index (χ3v) is 5.34. The first-order valence-corrected chi connectivity index (χ1v) is 9.01. The second kappa shape index (κ2) is 6.38. The van der Waals surface area contributed by atoms with Crippen LogP contribution >= 0.6 is 0 Å². The van der Waals surface area contributed by atoms with E-state index in [1.807, 2.05) is 23.1 Å². The molecule has 0 unspecified atom stereocenters. The first-order chi connectivity index (χ1) is 11.7. The third-order valence-electron chi connectivity index (χ3n) is 5.34. The van der Waals surface area contributed by atoms with Crippen LogP contribution in [0, 0.1) is 5.92 Å². The van der Waals surface area contributed by atoms with Crippen LogP contribution in [0.1, 0.15) is 43.0 Å². The van der Waals surface area contributed by atoms with Crippen LogP contribution in [0.3, 0.4) is 0 Å². The van der Waals surface area contributed by atoms with Crippen LogP contribution in [0.4, 0.5) is 5.82 Å². The lowest BCUT2D eigenvalue weighted by molar-refractivity contribution is 0.0697. The summed E-state index contributed by atoms with van der Waals surface area (Å²) in [5, 5.41) is 0.996. The standard InChI is InChI=1S/C19H24N4O/c1-14-6-10-23(11-7-14)19(24)15-4-5-17-16(12-15)18(21-13-20-17)22-8-2-3-9-22/h4-5,12-14H,2-3,6-11H2,1H3. The van der Waals surface area contributed by atoms with Crippen molar-refractivity contribution in [2.45, 2.75) is 32.6 Å². The highest BCUT2D eigenvalue weighted by atomic mass is 16.2. The summed E-state index contributed by atoms with van der Waals surface area (Å²) in [4.78, 5) is 26.0. The Morgan fingerprint density at radius 1 is 1.08 bits per heavy atom. The smallest absolute Gasteiger partial charge is 0.253 e. The van der Waals surface area contributed by atoms with Gasteiger partial charge in [-0.1, -0.05) is 6.92 Å². The molecule has 1 amide bonds. The van der Waals surface area contributed by atoms with Gasteiger partial charge >= 0.3 is 0 Å². The molecule has 1 aromatic carbocycles. The molecular weight excluding hydrogens is 300 g/mol. The number of aromatic nitrogens is 2. The largest absolute Gasteiger partial charge is 0.356 e. The van der Waals surface area contributed by atoms with Crippen molar-refractivity contribution < 1.29 is 4.79 Å². The summed E-state index contributed by atoms with van der Waals surface area (Å²) < 4.78 is 0. The highest BCUT2D eigenvalue weighted by molar-refractivity contribution is 6.00. The molecule has 0 spiro atoms. The van der Waals surface area contributed by atoms with Gasteiger partial charge in [0.05, 0.1) is 5.52 Å². The summed E-state index contributed by atoms with van der Waals surface area (Å²) in [6.45, 7) is 6.06. The van der Waals surface area contributed by atoms with Crippen LogP contribution in [0.25, 0.3) is 10.9 Å². The molecule has 2 saturated heterocycles. The molecule has 24 heavy (non-hydrogen) atoms. The Morgan fingerprint density at radius 3 is 2.58 bits per heavy atom. The zero-order chi connectivity index (χ0) is 16.5. The van der Waals surface area contributed by atoms with Crippen LogP contribution < -0.4 is 4.90 Å². The molecule has 3 heterocycles. The summed E-state index contributed by atoms with van der Waals surface area (Å²) in [6.07, 6.45) is 6.23. The van der Waals surface area contributed by atoms with Crippen LogP contribution in [-0.2, 0) is 0 Å². The summed E-state index contributed by atoms with van der Waals surface area (Å²) in [5.74, 6) is 1.83. The van der Waals surface area contributed by atoms with Crippen molar-refractivity contribution in [3.05, 3.63) is 30.1 Å². The van der Waals surface area contributed by atoms with E-state index in [1.165, 1.54) is 12.8 Å². The van der Waals surface area contributed by atoms with Crippen molar-refractivity contribution in [1.29, 1.82) is 0 Å². The first kappa shape index (κ1) is 15.4. The molecule has 126 valence electrons. The Hall–Kier alpha value is -2.17. The Bertz CT molecular complexity index is 746. The minimum absolute atomic E-state index is 0.139. The van der Waals surface area contributed by atoms with Crippen LogP contribution in [0.15, 0.2) is 24.5 Å². The van der Waals surface area contributed by atoms with Crippen molar-refractivity contribution >= 4 is 22.6 Å². The Morgan fingerprint density at radius 2 is 1.83 bits per heavy atom. The summed E-state index contributed by atoms with van der Waals surface area (Å²) in [5.41, 5.74) is 1.67. The molecule has 0 radical (unpaired) electrons. The van der Waals surface area contributed by atoms with E-state index in [9.17, 15) is 4.79 Å². The van der Waals surface area contributed by atoms with Gasteiger partial charge in [0.1, 0.15) is 12.1 Å². The van der Waals surface area contributed by atoms with E-state index in [0.29, 0.717) is 0 Å². The second-order valence-corrected chi connectivity index (χ2v) is 7.10. The van der Waals surface area contributed by atoms with E-state index in [2.05, 4.69) is 21.8 Å². The first-order valence-electron chi connectivity index (χ1n) is 9.01. The molecule has 2 aliphatic rings. The maximum absolute atomic E-state index is 12.9. The van der Waals surface area contributed by atoms with E-state index in [1.54, 1.807) is 6.33 Å². The number of hydrogen-bond acceptors (Lipinski definition) is 4. The Labute approximate surface area is 142 Å². The lowest BCUT2D eigenvalue weighted by Crippen LogP contribution is -2.37. The molecule has 0 atom stereocenters. The second-order valence-electron chi connectivity index (χ2n) is 7.10. The molecule has 4 rings (SSSR count). The Balaban J connectivity index is 1.66. The van der Waals surface area contributed by atoms with Crippen molar-refractivity contribution in [3.63, 3.8) is 0 Å². The van der Waals surface area contributed by atoms with Crippen LogP contribution in [0.5, 0.6) is 0 Å². The molecular formula is C19H24N4O. The average Bonchev–Trinajstić information content (AvgIpc) is 3.15. The number of nitrogens with zero attached hydrogens (tertiary/aromatic N) is 4. The van der Waals surface area contributed by atoms with E-state index >= 15 is 0 Å². The van der Waals surface area contributed by atoms with Gasteiger partial charge in [-0.2, -0.15) is 0 Å². The molecule has 2 fully saturated rings. The number of benzene rings is 1. The van der Waals surface area contributed by atoms with Gasteiger partial charge in [-0.25, -0.2) is 9.97 Å². The normalized spacial score (nSPS) is 19.2. The van der Waals surface area contributed by atoms with Crippen molar-refractivity contribution in [3.8, 4) is 0 Å². The molecule has 0 N–H and O–H groups in total. The van der Waals surface area contributed by atoms with Crippen molar-refractivity contribution in [2.75, 3.05) is 31.1 Å². The highest BCUT2D eigenvalue weighted by Crippen LogP contribution is 2.27. The quantitative estimate of drug-likeness (QED) is 0.852. The topological polar surface area (TPSA) is 49.3 Å². The number of carbonyl (C=O) groups is 1. The molecule has 0 aliphatic carbocycles. The number of carbonyl (C=O) groups excluding carboxylic acids is 1. The third kappa shape index (κ3) is 2.83. The predicted molar refractivity (Wildman–Crippen MR) is 95.3 cm³/mol. The SMILES string of the molecule is CC1CCN(C(=O)c2ccc3ncnc(N4CCCC4)c3c2)CC1. The maximum atomic E-state index is 12.9. The lowest BCUT2D eigenvalue weighted by Gasteiger charge is -2.30. The molecule has 0 saturated carbocycles. The fourth-order valence-corrected chi connectivity index (χ4v) is 3.75. The molecule has 5 heteroatoms. The van der Waals surface area contributed by atoms with E-state index in [4.69, 9.17) is 0 Å².